The lowest BCUT2D eigenvalue weighted by Crippen LogP contribution is -2.38. The van der Waals surface area contributed by atoms with Crippen LogP contribution in [0.15, 0.2) is 51.9 Å². The lowest BCUT2D eigenvalue weighted by atomic mass is 9.95. The van der Waals surface area contributed by atoms with Gasteiger partial charge in [0.25, 0.3) is 0 Å². The minimum Gasteiger partial charge on any atom is -0.493 e. The van der Waals surface area contributed by atoms with Gasteiger partial charge < -0.3 is 29.1 Å². The van der Waals surface area contributed by atoms with Crippen LogP contribution in [0.25, 0.3) is 22.1 Å². The minimum absolute atomic E-state index is 0.157. The molecule has 7 heteroatoms. The van der Waals surface area contributed by atoms with Crippen molar-refractivity contribution in [3.8, 4) is 28.4 Å². The van der Waals surface area contributed by atoms with Gasteiger partial charge in [0, 0.05) is 18.7 Å². The summed E-state index contributed by atoms with van der Waals surface area (Å²) in [5.74, 6) is 1.60. The van der Waals surface area contributed by atoms with Crippen molar-refractivity contribution in [2.24, 2.45) is 0 Å². The molecule has 0 bridgehead atoms. The molecule has 4 rings (SSSR count). The molecular formula is C26H31NO6. The molecule has 0 radical (unpaired) electrons. The Kier molecular flexibility index (Phi) is 7.52. The summed E-state index contributed by atoms with van der Waals surface area (Å²) < 4.78 is 22.0. The Morgan fingerprint density at radius 1 is 1.06 bits per heavy atom. The fourth-order valence-electron chi connectivity index (χ4n) is 4.25. The normalized spacial score (nSPS) is 15.4. The molecule has 33 heavy (non-hydrogen) atoms. The third kappa shape index (κ3) is 5.49. The summed E-state index contributed by atoms with van der Waals surface area (Å²) in [6.45, 7) is 0.730. The van der Waals surface area contributed by atoms with Gasteiger partial charge in [0.05, 0.1) is 25.2 Å². The van der Waals surface area contributed by atoms with Crippen molar-refractivity contribution in [2.75, 3.05) is 27.4 Å². The summed E-state index contributed by atoms with van der Waals surface area (Å²) >= 11 is 0. The Bertz CT molecular complexity index is 1120. The second-order valence-electron chi connectivity index (χ2n) is 8.41. The van der Waals surface area contributed by atoms with Crippen molar-refractivity contribution >= 4 is 11.0 Å². The lowest BCUT2D eigenvalue weighted by molar-refractivity contribution is 0.102. The summed E-state index contributed by atoms with van der Waals surface area (Å²) in [5.41, 5.74) is 1.43. The van der Waals surface area contributed by atoms with Gasteiger partial charge in [0.1, 0.15) is 30.3 Å². The molecule has 1 aromatic heterocycles. The van der Waals surface area contributed by atoms with E-state index in [1.54, 1.807) is 36.4 Å². The van der Waals surface area contributed by atoms with Crippen molar-refractivity contribution in [1.82, 2.24) is 5.32 Å². The highest BCUT2D eigenvalue weighted by atomic mass is 16.5. The summed E-state index contributed by atoms with van der Waals surface area (Å²) in [6, 6.07) is 11.0. The van der Waals surface area contributed by atoms with E-state index < -0.39 is 6.10 Å². The first-order chi connectivity index (χ1) is 16.1. The molecule has 1 aliphatic carbocycles. The van der Waals surface area contributed by atoms with Crippen LogP contribution in [-0.2, 0) is 0 Å². The van der Waals surface area contributed by atoms with E-state index >= 15 is 0 Å². The van der Waals surface area contributed by atoms with Crippen molar-refractivity contribution in [2.45, 2.75) is 44.2 Å². The van der Waals surface area contributed by atoms with Crippen LogP contribution in [0.5, 0.6) is 17.2 Å². The number of aliphatic hydroxyl groups excluding tert-OH is 1. The number of methoxy groups -OCH3 is 2. The van der Waals surface area contributed by atoms with Gasteiger partial charge in [-0.25, -0.2) is 0 Å². The van der Waals surface area contributed by atoms with E-state index in [4.69, 9.17) is 18.6 Å². The van der Waals surface area contributed by atoms with Gasteiger partial charge in [-0.1, -0.05) is 31.4 Å². The Morgan fingerprint density at radius 2 is 1.76 bits per heavy atom. The topological polar surface area (TPSA) is 90.2 Å². The summed E-state index contributed by atoms with van der Waals surface area (Å²) in [6.07, 6.45) is 7.06. The van der Waals surface area contributed by atoms with Crippen LogP contribution in [-0.4, -0.2) is 44.6 Å². The van der Waals surface area contributed by atoms with Gasteiger partial charge in [0.2, 0.25) is 5.43 Å². The first-order valence-corrected chi connectivity index (χ1v) is 11.4. The van der Waals surface area contributed by atoms with Crippen LogP contribution >= 0.6 is 0 Å². The summed E-state index contributed by atoms with van der Waals surface area (Å²) in [7, 11) is 3.06. The molecule has 0 saturated heterocycles. The van der Waals surface area contributed by atoms with Crippen molar-refractivity contribution in [3.05, 3.63) is 52.9 Å². The molecule has 7 nitrogen and oxygen atoms in total. The lowest BCUT2D eigenvalue weighted by Gasteiger charge is -2.24. The van der Waals surface area contributed by atoms with Crippen LogP contribution in [0.3, 0.4) is 0 Å². The molecule has 1 atom stereocenters. The predicted molar refractivity (Wildman–Crippen MR) is 127 cm³/mol. The fourth-order valence-corrected chi connectivity index (χ4v) is 4.25. The van der Waals surface area contributed by atoms with E-state index in [2.05, 4.69) is 5.32 Å². The summed E-state index contributed by atoms with van der Waals surface area (Å²) in [4.78, 5) is 13.1. The van der Waals surface area contributed by atoms with E-state index in [0.29, 0.717) is 51.9 Å². The standard InChI is InChI=1S/C26H31NO6/c1-30-24-12-21-23(13-25(24)31-2)33-16-22(26(21)29)17-8-10-20(11-9-17)32-15-19(28)14-27-18-6-4-3-5-7-18/h8-13,16,18-19,27-28H,3-7,14-15H2,1-2H3. The Hall–Kier alpha value is -3.03. The first kappa shape index (κ1) is 23.1. The number of fused-ring (bicyclic) bond motifs is 1. The summed E-state index contributed by atoms with van der Waals surface area (Å²) in [5, 5.41) is 14.1. The zero-order chi connectivity index (χ0) is 23.2. The smallest absolute Gasteiger partial charge is 0.200 e. The molecular weight excluding hydrogens is 422 g/mol. The monoisotopic (exact) mass is 453 g/mol. The van der Waals surface area contributed by atoms with Gasteiger partial charge in [0.15, 0.2) is 11.5 Å². The third-order valence-electron chi connectivity index (χ3n) is 6.13. The molecule has 3 aromatic rings. The highest BCUT2D eigenvalue weighted by Gasteiger charge is 2.16. The first-order valence-electron chi connectivity index (χ1n) is 11.4. The van der Waals surface area contributed by atoms with Gasteiger partial charge in [-0.15, -0.1) is 0 Å². The average molecular weight is 454 g/mol. The molecule has 0 aliphatic heterocycles. The molecule has 2 N–H and O–H groups in total. The van der Waals surface area contributed by atoms with E-state index in [1.807, 2.05) is 0 Å². The van der Waals surface area contributed by atoms with E-state index in [0.717, 1.165) is 0 Å². The predicted octanol–water partition coefficient (Wildman–Crippen LogP) is 4.14. The highest BCUT2D eigenvalue weighted by Crippen LogP contribution is 2.32. The van der Waals surface area contributed by atoms with E-state index in [9.17, 15) is 9.90 Å². The zero-order valence-electron chi connectivity index (χ0n) is 19.1. The SMILES string of the molecule is COc1cc2occ(-c3ccc(OCC(O)CNC4CCCCC4)cc3)c(=O)c2cc1OC. The van der Waals surface area contributed by atoms with E-state index in [-0.39, 0.29) is 12.0 Å². The molecule has 0 spiro atoms. The molecule has 1 saturated carbocycles. The van der Waals surface area contributed by atoms with Gasteiger partial charge in [-0.3, -0.25) is 4.79 Å². The Morgan fingerprint density at radius 3 is 2.45 bits per heavy atom. The maximum absolute atomic E-state index is 13.1. The quantitative estimate of drug-likeness (QED) is 0.503. The maximum atomic E-state index is 13.1. The maximum Gasteiger partial charge on any atom is 0.200 e. The number of ether oxygens (including phenoxy) is 3. The van der Waals surface area contributed by atoms with Gasteiger partial charge >= 0.3 is 0 Å². The van der Waals surface area contributed by atoms with Gasteiger partial charge in [-0.05, 0) is 36.6 Å². The van der Waals surface area contributed by atoms with Crippen LogP contribution in [0, 0.1) is 0 Å². The van der Waals surface area contributed by atoms with Crippen LogP contribution in [0.1, 0.15) is 32.1 Å². The average Bonchev–Trinajstić information content (AvgIpc) is 2.86. The molecule has 0 amide bonds. The molecule has 1 heterocycles. The van der Waals surface area contributed by atoms with Crippen LogP contribution in [0.4, 0.5) is 0 Å². The number of hydrogen-bond donors (Lipinski definition) is 2. The van der Waals surface area contributed by atoms with Crippen LogP contribution < -0.4 is 25.0 Å². The van der Waals surface area contributed by atoms with E-state index in [1.165, 1.54) is 52.6 Å². The third-order valence-corrected chi connectivity index (χ3v) is 6.13. The Balaban J connectivity index is 1.41. The zero-order valence-corrected chi connectivity index (χ0v) is 19.1. The largest absolute Gasteiger partial charge is 0.493 e. The van der Waals surface area contributed by atoms with Crippen LogP contribution in [0.2, 0.25) is 0 Å². The molecule has 1 unspecified atom stereocenters. The second kappa shape index (κ2) is 10.7. The number of nitrogens with one attached hydrogen (secondary N) is 1. The molecule has 1 aliphatic rings. The minimum atomic E-state index is -0.578. The molecule has 2 aromatic carbocycles. The molecule has 1 fully saturated rings. The van der Waals surface area contributed by atoms with Gasteiger partial charge in [-0.2, -0.15) is 0 Å². The highest BCUT2D eigenvalue weighted by molar-refractivity contribution is 5.84. The van der Waals surface area contributed by atoms with Crippen molar-refractivity contribution in [1.29, 1.82) is 0 Å². The van der Waals surface area contributed by atoms with Crippen molar-refractivity contribution < 1.29 is 23.7 Å². The van der Waals surface area contributed by atoms with Crippen molar-refractivity contribution in [3.63, 3.8) is 0 Å². The number of benzene rings is 2. The Labute approximate surface area is 193 Å². The number of hydrogen-bond acceptors (Lipinski definition) is 7. The number of rotatable bonds is 9. The molecule has 176 valence electrons. The number of aliphatic hydroxyl groups is 1. The second-order valence-corrected chi connectivity index (χ2v) is 8.41. The fraction of sp³-hybridized carbons (Fsp3) is 0.423.